The van der Waals surface area contributed by atoms with Crippen LogP contribution in [0.1, 0.15) is 5.56 Å². The number of carboxylic acid groups (broad SMARTS) is 1. The molecule has 0 aliphatic carbocycles. The third kappa shape index (κ3) is 3.45. The molecule has 0 saturated carbocycles. The van der Waals surface area contributed by atoms with Crippen LogP contribution in [0.3, 0.4) is 0 Å². The maximum Gasteiger partial charge on any atom is 0.323 e. The monoisotopic (exact) mass is 329 g/mol. The average Bonchev–Trinajstić information content (AvgIpc) is 2.90. The van der Waals surface area contributed by atoms with Gasteiger partial charge in [0, 0.05) is 11.9 Å². The first-order chi connectivity index (χ1) is 11.2. The molecule has 0 spiro atoms. The van der Waals surface area contributed by atoms with Crippen LogP contribution in [0.5, 0.6) is 5.75 Å². The van der Waals surface area contributed by atoms with Gasteiger partial charge in [-0.3, -0.25) is 9.78 Å². The van der Waals surface area contributed by atoms with E-state index in [-0.39, 0.29) is 6.54 Å². The Morgan fingerprint density at radius 3 is 3.04 bits per heavy atom. The Balaban J connectivity index is 1.88. The Morgan fingerprint density at radius 2 is 2.26 bits per heavy atom. The van der Waals surface area contributed by atoms with Gasteiger partial charge in [0.1, 0.15) is 12.3 Å². The number of ether oxygens (including phenoxy) is 1. The first-order valence-electron chi connectivity index (χ1n) is 6.95. The Bertz CT molecular complexity index is 847. The molecule has 0 saturated heterocycles. The van der Waals surface area contributed by atoms with Crippen molar-refractivity contribution in [3.05, 3.63) is 48.3 Å². The van der Waals surface area contributed by atoms with Gasteiger partial charge >= 0.3 is 5.97 Å². The third-order valence-electron chi connectivity index (χ3n) is 3.31. The Kier molecular flexibility index (Phi) is 4.47. The van der Waals surface area contributed by atoms with Crippen molar-refractivity contribution in [2.75, 3.05) is 7.11 Å². The van der Waals surface area contributed by atoms with Gasteiger partial charge in [-0.05, 0) is 23.8 Å². The molecule has 0 radical (unpaired) electrons. The fraction of sp³-hybridized carbons (Fsp3) is 0.188. The summed E-state index contributed by atoms with van der Waals surface area (Å²) < 4.78 is 6.89. The van der Waals surface area contributed by atoms with E-state index in [4.69, 9.17) is 9.84 Å². The number of nitrogens with zero attached hydrogens (tertiary/aromatic N) is 3. The number of pyridine rings is 1. The molecule has 6 nitrogen and oxygen atoms in total. The molecule has 2 aromatic heterocycles. The molecule has 7 heteroatoms. The Morgan fingerprint density at radius 1 is 1.39 bits per heavy atom. The number of benzene rings is 1. The number of thioether (sulfide) groups is 1. The highest BCUT2D eigenvalue weighted by Gasteiger charge is 2.14. The van der Waals surface area contributed by atoms with Gasteiger partial charge in [0.05, 0.1) is 24.3 Å². The van der Waals surface area contributed by atoms with E-state index in [0.29, 0.717) is 10.9 Å². The van der Waals surface area contributed by atoms with E-state index in [1.54, 1.807) is 30.1 Å². The normalized spacial score (nSPS) is 10.8. The summed E-state index contributed by atoms with van der Waals surface area (Å²) in [5.74, 6) is 0.566. The zero-order valence-electron chi connectivity index (χ0n) is 12.5. The minimum atomic E-state index is -0.906. The molecule has 1 aromatic carbocycles. The topological polar surface area (TPSA) is 77.2 Å². The second-order valence-corrected chi connectivity index (χ2v) is 5.82. The van der Waals surface area contributed by atoms with E-state index in [0.717, 1.165) is 22.3 Å². The zero-order chi connectivity index (χ0) is 16.2. The number of aromatic nitrogens is 3. The summed E-state index contributed by atoms with van der Waals surface area (Å²) in [7, 11) is 1.63. The van der Waals surface area contributed by atoms with E-state index in [1.165, 1.54) is 11.8 Å². The number of methoxy groups -OCH3 is 1. The van der Waals surface area contributed by atoms with Crippen LogP contribution in [-0.2, 0) is 17.1 Å². The largest absolute Gasteiger partial charge is 0.497 e. The molecular weight excluding hydrogens is 314 g/mol. The summed E-state index contributed by atoms with van der Waals surface area (Å²) in [5, 5.41) is 9.79. The number of carbonyl (C=O) groups is 1. The zero-order valence-corrected chi connectivity index (χ0v) is 13.3. The molecule has 0 aliphatic heterocycles. The van der Waals surface area contributed by atoms with E-state index < -0.39 is 5.97 Å². The minimum absolute atomic E-state index is 0.136. The summed E-state index contributed by atoms with van der Waals surface area (Å²) in [6.45, 7) is -0.136. The molecule has 0 aliphatic rings. The quantitative estimate of drug-likeness (QED) is 0.701. The lowest BCUT2D eigenvalue weighted by Gasteiger charge is -2.07. The fourth-order valence-electron chi connectivity index (χ4n) is 2.26. The van der Waals surface area contributed by atoms with Crippen molar-refractivity contribution in [3.63, 3.8) is 0 Å². The SMILES string of the molecule is COc1cccc(CSc2nc3ccncc3n2CC(=O)O)c1. The maximum absolute atomic E-state index is 11.1. The molecule has 2 heterocycles. The van der Waals surface area contributed by atoms with E-state index in [9.17, 15) is 4.79 Å². The molecule has 3 aromatic rings. The van der Waals surface area contributed by atoms with Crippen LogP contribution in [0.2, 0.25) is 0 Å². The number of hydrogen-bond donors (Lipinski definition) is 1. The summed E-state index contributed by atoms with van der Waals surface area (Å²) in [6, 6.07) is 9.56. The van der Waals surface area contributed by atoms with Crippen LogP contribution in [-0.4, -0.2) is 32.7 Å². The van der Waals surface area contributed by atoms with Gasteiger partial charge in [-0.15, -0.1) is 0 Å². The van der Waals surface area contributed by atoms with Gasteiger partial charge in [-0.1, -0.05) is 23.9 Å². The van der Waals surface area contributed by atoms with Gasteiger partial charge in [-0.2, -0.15) is 0 Å². The summed E-state index contributed by atoms with van der Waals surface area (Å²) in [5.41, 5.74) is 2.55. The van der Waals surface area contributed by atoms with Crippen LogP contribution in [0.4, 0.5) is 0 Å². The van der Waals surface area contributed by atoms with Crippen molar-refractivity contribution in [3.8, 4) is 5.75 Å². The average molecular weight is 329 g/mol. The molecule has 1 N–H and O–H groups in total. The number of fused-ring (bicyclic) bond motifs is 1. The van der Waals surface area contributed by atoms with Gasteiger partial charge in [0.2, 0.25) is 0 Å². The summed E-state index contributed by atoms with van der Waals surface area (Å²) >= 11 is 1.49. The smallest absolute Gasteiger partial charge is 0.323 e. The van der Waals surface area contributed by atoms with E-state index >= 15 is 0 Å². The number of aliphatic carboxylic acids is 1. The lowest BCUT2D eigenvalue weighted by molar-refractivity contribution is -0.137. The molecule has 0 amide bonds. The highest BCUT2D eigenvalue weighted by atomic mass is 32.2. The molecule has 0 fully saturated rings. The lowest BCUT2D eigenvalue weighted by atomic mass is 10.2. The lowest BCUT2D eigenvalue weighted by Crippen LogP contribution is -2.09. The molecule has 118 valence electrons. The van der Waals surface area contributed by atoms with Crippen molar-refractivity contribution >= 4 is 28.8 Å². The molecule has 0 atom stereocenters. The van der Waals surface area contributed by atoms with Gasteiger partial charge in [0.25, 0.3) is 0 Å². The summed E-state index contributed by atoms with van der Waals surface area (Å²) in [6.07, 6.45) is 3.29. The molecule has 23 heavy (non-hydrogen) atoms. The van der Waals surface area contributed by atoms with Crippen molar-refractivity contribution in [2.24, 2.45) is 0 Å². The molecular formula is C16H15N3O3S. The van der Waals surface area contributed by atoms with E-state index in [2.05, 4.69) is 9.97 Å². The number of imidazole rings is 1. The van der Waals surface area contributed by atoms with Gasteiger partial charge in [0.15, 0.2) is 5.16 Å². The molecule has 3 rings (SSSR count). The molecule has 0 bridgehead atoms. The van der Waals surface area contributed by atoms with Crippen molar-refractivity contribution in [1.29, 1.82) is 0 Å². The maximum atomic E-state index is 11.1. The van der Waals surface area contributed by atoms with Crippen LogP contribution in [0, 0.1) is 0 Å². The number of hydrogen-bond acceptors (Lipinski definition) is 5. The van der Waals surface area contributed by atoms with E-state index in [1.807, 2.05) is 24.3 Å². The Labute approximate surface area is 137 Å². The Hall–Kier alpha value is -2.54. The highest BCUT2D eigenvalue weighted by Crippen LogP contribution is 2.27. The van der Waals surface area contributed by atoms with Crippen LogP contribution < -0.4 is 4.74 Å². The van der Waals surface area contributed by atoms with Crippen LogP contribution in [0.15, 0.2) is 47.9 Å². The van der Waals surface area contributed by atoms with Crippen LogP contribution in [0.25, 0.3) is 11.0 Å². The highest BCUT2D eigenvalue weighted by molar-refractivity contribution is 7.98. The second-order valence-electron chi connectivity index (χ2n) is 4.88. The standard InChI is InChI=1S/C16H15N3O3S/c1-22-12-4-2-3-11(7-12)10-23-16-18-13-5-6-17-8-14(13)19(16)9-15(20)21/h2-8H,9-10H2,1H3,(H,20,21). The van der Waals surface area contributed by atoms with Crippen LogP contribution >= 0.6 is 11.8 Å². The minimum Gasteiger partial charge on any atom is -0.497 e. The fourth-order valence-corrected chi connectivity index (χ4v) is 3.21. The first-order valence-corrected chi connectivity index (χ1v) is 7.93. The second kappa shape index (κ2) is 6.70. The van der Waals surface area contributed by atoms with Crippen molar-refractivity contribution in [1.82, 2.24) is 14.5 Å². The third-order valence-corrected chi connectivity index (χ3v) is 4.36. The predicted molar refractivity (Wildman–Crippen MR) is 87.7 cm³/mol. The van der Waals surface area contributed by atoms with Crippen molar-refractivity contribution in [2.45, 2.75) is 17.5 Å². The van der Waals surface area contributed by atoms with Crippen molar-refractivity contribution < 1.29 is 14.6 Å². The summed E-state index contributed by atoms with van der Waals surface area (Å²) in [4.78, 5) is 19.7. The molecule has 0 unspecified atom stereocenters. The number of carboxylic acids is 1. The first kappa shape index (κ1) is 15.4. The van der Waals surface area contributed by atoms with Gasteiger partial charge in [-0.25, -0.2) is 4.98 Å². The van der Waals surface area contributed by atoms with Gasteiger partial charge < -0.3 is 14.4 Å². The predicted octanol–water partition coefficient (Wildman–Crippen LogP) is 2.82. The number of rotatable bonds is 6.